The van der Waals surface area contributed by atoms with Gasteiger partial charge in [0.1, 0.15) is 5.41 Å². The number of hydrogen-bond donors (Lipinski definition) is 0. The van der Waals surface area contributed by atoms with Gasteiger partial charge in [-0.1, -0.05) is 0 Å². The molecule has 1 saturated heterocycles. The molecule has 1 heterocycles. The molecule has 1 amide bonds. The Morgan fingerprint density at radius 3 is 2.82 bits per heavy atom. The summed E-state index contributed by atoms with van der Waals surface area (Å²) in [5.74, 6) is -0.0359. The average molecular weight is 152 g/mol. The Kier molecular flexibility index (Phi) is 1.86. The maximum atomic E-state index is 11.4. The molecule has 0 N–H and O–H groups in total. The third-order valence-corrected chi connectivity index (χ3v) is 2.24. The van der Waals surface area contributed by atoms with E-state index in [1.54, 1.807) is 18.9 Å². The van der Waals surface area contributed by atoms with Crippen molar-refractivity contribution in [3.8, 4) is 6.07 Å². The lowest BCUT2D eigenvalue weighted by atomic mass is 9.83. The summed E-state index contributed by atoms with van der Waals surface area (Å²) in [6.07, 6.45) is 1.64. The molecule has 0 spiro atoms. The molecule has 1 rings (SSSR count). The largest absolute Gasteiger partial charge is 0.344 e. The van der Waals surface area contributed by atoms with E-state index in [1.807, 2.05) is 0 Å². The summed E-state index contributed by atoms with van der Waals surface area (Å²) >= 11 is 0. The quantitative estimate of drug-likeness (QED) is 0.514. The number of amides is 1. The van der Waals surface area contributed by atoms with Crippen LogP contribution in [0.1, 0.15) is 19.8 Å². The number of nitrogens with zero attached hydrogens (tertiary/aromatic N) is 2. The molecule has 0 aromatic carbocycles. The third kappa shape index (κ3) is 1.21. The van der Waals surface area contributed by atoms with Crippen molar-refractivity contribution in [1.29, 1.82) is 5.26 Å². The minimum Gasteiger partial charge on any atom is -0.344 e. The van der Waals surface area contributed by atoms with Gasteiger partial charge in [-0.15, -0.1) is 0 Å². The van der Waals surface area contributed by atoms with Crippen LogP contribution in [-0.4, -0.2) is 24.4 Å². The molecule has 1 fully saturated rings. The van der Waals surface area contributed by atoms with Crippen molar-refractivity contribution in [2.24, 2.45) is 5.41 Å². The van der Waals surface area contributed by atoms with Crippen molar-refractivity contribution < 1.29 is 4.79 Å². The topological polar surface area (TPSA) is 44.1 Å². The third-order valence-electron chi connectivity index (χ3n) is 2.24. The lowest BCUT2D eigenvalue weighted by Gasteiger charge is -2.32. The molecule has 0 aromatic heterocycles. The van der Waals surface area contributed by atoms with Crippen LogP contribution >= 0.6 is 0 Å². The van der Waals surface area contributed by atoms with E-state index < -0.39 is 5.41 Å². The summed E-state index contributed by atoms with van der Waals surface area (Å²) in [6, 6.07) is 2.07. The zero-order chi connectivity index (χ0) is 8.48. The molecule has 0 saturated carbocycles. The number of carbonyl (C=O) groups is 1. The van der Waals surface area contributed by atoms with E-state index in [9.17, 15) is 4.79 Å². The number of piperidine rings is 1. The minimum atomic E-state index is -0.757. The number of likely N-dealkylation sites (tertiary alicyclic amines) is 1. The average Bonchev–Trinajstić information content (AvgIpc) is 2.00. The Labute approximate surface area is 66.6 Å². The van der Waals surface area contributed by atoms with Crippen molar-refractivity contribution in [1.82, 2.24) is 4.90 Å². The van der Waals surface area contributed by atoms with Crippen LogP contribution in [0.25, 0.3) is 0 Å². The first-order valence-electron chi connectivity index (χ1n) is 3.77. The van der Waals surface area contributed by atoms with Crippen LogP contribution in [0.5, 0.6) is 0 Å². The highest BCUT2D eigenvalue weighted by molar-refractivity contribution is 5.85. The fourth-order valence-electron chi connectivity index (χ4n) is 1.40. The van der Waals surface area contributed by atoms with Crippen LogP contribution in [0.2, 0.25) is 0 Å². The number of nitriles is 1. The Bertz CT molecular complexity index is 219. The van der Waals surface area contributed by atoms with Gasteiger partial charge >= 0.3 is 0 Å². The molecule has 1 aliphatic heterocycles. The van der Waals surface area contributed by atoms with Crippen molar-refractivity contribution >= 4 is 5.91 Å². The van der Waals surface area contributed by atoms with Gasteiger partial charge in [-0.25, -0.2) is 0 Å². The lowest BCUT2D eigenvalue weighted by Crippen LogP contribution is -2.44. The van der Waals surface area contributed by atoms with E-state index in [4.69, 9.17) is 5.26 Å². The predicted molar refractivity (Wildman–Crippen MR) is 40.6 cm³/mol. The molecule has 1 unspecified atom stereocenters. The second-order valence-corrected chi connectivity index (χ2v) is 3.27. The summed E-state index contributed by atoms with van der Waals surface area (Å²) in [6.45, 7) is 2.50. The SMILES string of the molecule is CN1CCCC(C)(C#N)C1=O. The van der Waals surface area contributed by atoms with Crippen LogP contribution in [0.15, 0.2) is 0 Å². The fourth-order valence-corrected chi connectivity index (χ4v) is 1.40. The minimum absolute atomic E-state index is 0.0359. The smallest absolute Gasteiger partial charge is 0.242 e. The summed E-state index contributed by atoms with van der Waals surface area (Å²) in [7, 11) is 1.75. The molecule has 1 aliphatic rings. The van der Waals surface area contributed by atoms with E-state index in [0.29, 0.717) is 6.42 Å². The molecule has 11 heavy (non-hydrogen) atoms. The monoisotopic (exact) mass is 152 g/mol. The molecule has 3 nitrogen and oxygen atoms in total. The highest BCUT2D eigenvalue weighted by Gasteiger charge is 2.38. The van der Waals surface area contributed by atoms with Gasteiger partial charge in [0.25, 0.3) is 0 Å². The summed E-state index contributed by atoms with van der Waals surface area (Å²) in [4.78, 5) is 13.0. The van der Waals surface area contributed by atoms with Crippen LogP contribution in [0.4, 0.5) is 0 Å². The summed E-state index contributed by atoms with van der Waals surface area (Å²) in [5.41, 5.74) is -0.757. The van der Waals surface area contributed by atoms with E-state index in [-0.39, 0.29) is 5.91 Å². The normalized spacial score (nSPS) is 31.7. The van der Waals surface area contributed by atoms with Crippen LogP contribution < -0.4 is 0 Å². The van der Waals surface area contributed by atoms with Gasteiger partial charge < -0.3 is 4.90 Å². The van der Waals surface area contributed by atoms with Gasteiger partial charge in [0, 0.05) is 13.6 Å². The van der Waals surface area contributed by atoms with E-state index >= 15 is 0 Å². The van der Waals surface area contributed by atoms with Crippen molar-refractivity contribution in [3.05, 3.63) is 0 Å². The first kappa shape index (κ1) is 8.06. The molecule has 0 aromatic rings. The Hall–Kier alpha value is -1.04. The highest BCUT2D eigenvalue weighted by Crippen LogP contribution is 2.28. The maximum Gasteiger partial charge on any atom is 0.242 e. The second-order valence-electron chi connectivity index (χ2n) is 3.27. The van der Waals surface area contributed by atoms with Gasteiger partial charge in [0.2, 0.25) is 5.91 Å². The molecule has 0 bridgehead atoms. The van der Waals surface area contributed by atoms with Gasteiger partial charge in [0.05, 0.1) is 6.07 Å². The molecule has 3 heteroatoms. The summed E-state index contributed by atoms with van der Waals surface area (Å²) in [5, 5.41) is 8.74. The van der Waals surface area contributed by atoms with Gasteiger partial charge in [-0.05, 0) is 19.8 Å². The first-order chi connectivity index (χ1) is 5.10. The van der Waals surface area contributed by atoms with Crippen molar-refractivity contribution in [2.45, 2.75) is 19.8 Å². The number of carbonyl (C=O) groups excluding carboxylic acids is 1. The molecular formula is C8H12N2O. The highest BCUT2D eigenvalue weighted by atomic mass is 16.2. The fraction of sp³-hybridized carbons (Fsp3) is 0.750. The zero-order valence-corrected chi connectivity index (χ0v) is 6.92. The van der Waals surface area contributed by atoms with E-state index in [0.717, 1.165) is 13.0 Å². The van der Waals surface area contributed by atoms with Gasteiger partial charge in [0.15, 0.2) is 0 Å². The predicted octanol–water partition coefficient (Wildman–Crippen LogP) is 0.768. The van der Waals surface area contributed by atoms with Gasteiger partial charge in [-0.3, -0.25) is 4.79 Å². The molecule has 0 aliphatic carbocycles. The number of rotatable bonds is 0. The van der Waals surface area contributed by atoms with Gasteiger partial charge in [-0.2, -0.15) is 5.26 Å². The Morgan fingerprint density at radius 1 is 1.73 bits per heavy atom. The van der Waals surface area contributed by atoms with E-state index in [1.165, 1.54) is 0 Å². The second kappa shape index (κ2) is 2.54. The van der Waals surface area contributed by atoms with Crippen molar-refractivity contribution in [2.75, 3.05) is 13.6 Å². The molecule has 0 radical (unpaired) electrons. The number of hydrogen-bond acceptors (Lipinski definition) is 2. The van der Waals surface area contributed by atoms with Crippen LogP contribution in [0, 0.1) is 16.7 Å². The Morgan fingerprint density at radius 2 is 2.36 bits per heavy atom. The first-order valence-corrected chi connectivity index (χ1v) is 3.77. The molecular weight excluding hydrogens is 140 g/mol. The Balaban J connectivity index is 2.83. The summed E-state index contributed by atoms with van der Waals surface area (Å²) < 4.78 is 0. The standard InChI is InChI=1S/C8H12N2O/c1-8(6-9)4-3-5-10(2)7(8)11/h3-5H2,1-2H3. The van der Waals surface area contributed by atoms with Crippen LogP contribution in [-0.2, 0) is 4.79 Å². The van der Waals surface area contributed by atoms with Crippen molar-refractivity contribution in [3.63, 3.8) is 0 Å². The zero-order valence-electron chi connectivity index (χ0n) is 6.92. The molecule has 60 valence electrons. The van der Waals surface area contributed by atoms with E-state index in [2.05, 4.69) is 6.07 Å². The lowest BCUT2D eigenvalue weighted by molar-refractivity contribution is -0.140. The molecule has 1 atom stereocenters. The maximum absolute atomic E-state index is 11.4. The van der Waals surface area contributed by atoms with Crippen LogP contribution in [0.3, 0.4) is 0 Å².